The van der Waals surface area contributed by atoms with E-state index in [-0.39, 0.29) is 11.4 Å². The minimum atomic E-state index is -0.135. The summed E-state index contributed by atoms with van der Waals surface area (Å²) in [6.07, 6.45) is 4.95. The highest BCUT2D eigenvalue weighted by Crippen LogP contribution is 2.44. The van der Waals surface area contributed by atoms with E-state index in [2.05, 4.69) is 26.8 Å². The van der Waals surface area contributed by atoms with Gasteiger partial charge in [0.25, 0.3) is 0 Å². The van der Waals surface area contributed by atoms with Gasteiger partial charge in [0.2, 0.25) is 0 Å². The zero-order valence-corrected chi connectivity index (χ0v) is 16.2. The summed E-state index contributed by atoms with van der Waals surface area (Å²) in [5, 5.41) is 10.4. The first-order chi connectivity index (χ1) is 13.0. The molecule has 2 heterocycles. The maximum absolute atomic E-state index is 10.4. The number of fused-ring (bicyclic) bond motifs is 3. The lowest BCUT2D eigenvalue weighted by atomic mass is 9.91. The van der Waals surface area contributed by atoms with Crippen LogP contribution in [0.1, 0.15) is 50.3 Å². The van der Waals surface area contributed by atoms with E-state index < -0.39 is 0 Å². The molecule has 0 amide bonds. The number of rotatable bonds is 4. The number of ether oxygens (including phenoxy) is 3. The van der Waals surface area contributed by atoms with Crippen molar-refractivity contribution >= 4 is 11.6 Å². The lowest BCUT2D eigenvalue weighted by Gasteiger charge is -2.34. The van der Waals surface area contributed by atoms with E-state index in [4.69, 9.17) is 14.2 Å². The Morgan fingerprint density at radius 2 is 2.04 bits per heavy atom. The van der Waals surface area contributed by atoms with Crippen LogP contribution >= 0.6 is 0 Å². The van der Waals surface area contributed by atoms with Gasteiger partial charge in [0.15, 0.2) is 0 Å². The van der Waals surface area contributed by atoms with Crippen molar-refractivity contribution in [1.82, 2.24) is 0 Å². The first-order valence-electron chi connectivity index (χ1n) is 9.61. The van der Waals surface area contributed by atoms with Gasteiger partial charge >= 0.3 is 0 Å². The fourth-order valence-electron chi connectivity index (χ4n) is 3.65. The first-order valence-corrected chi connectivity index (χ1v) is 9.61. The van der Waals surface area contributed by atoms with Crippen molar-refractivity contribution in [2.75, 3.05) is 13.2 Å². The van der Waals surface area contributed by atoms with Gasteiger partial charge in [-0.1, -0.05) is 6.92 Å². The highest BCUT2D eigenvalue weighted by Gasteiger charge is 2.30. The number of hydrogen-bond donors (Lipinski definition) is 1. The van der Waals surface area contributed by atoms with Crippen LogP contribution in [-0.2, 0) is 6.42 Å². The van der Waals surface area contributed by atoms with Crippen molar-refractivity contribution < 1.29 is 19.3 Å². The number of aromatic hydroxyl groups is 1. The molecule has 0 radical (unpaired) electrons. The van der Waals surface area contributed by atoms with Crippen LogP contribution in [0.3, 0.4) is 0 Å². The highest BCUT2D eigenvalue weighted by atomic mass is 16.5. The van der Waals surface area contributed by atoms with Crippen molar-refractivity contribution in [3.05, 3.63) is 47.0 Å². The molecule has 1 N–H and O–H groups in total. The fraction of sp³-hybridized carbons (Fsp3) is 0.391. The molecule has 0 aromatic heterocycles. The van der Waals surface area contributed by atoms with E-state index in [0.717, 1.165) is 53.0 Å². The summed E-state index contributed by atoms with van der Waals surface area (Å²) in [5.41, 5.74) is 3.78. The molecule has 0 bridgehead atoms. The van der Waals surface area contributed by atoms with Gasteiger partial charge in [-0.25, -0.2) is 0 Å². The second-order valence-corrected chi connectivity index (χ2v) is 7.81. The quantitative estimate of drug-likeness (QED) is 0.806. The van der Waals surface area contributed by atoms with Gasteiger partial charge in [0, 0.05) is 28.3 Å². The van der Waals surface area contributed by atoms with E-state index >= 15 is 0 Å². The first kappa shape index (κ1) is 17.8. The van der Waals surface area contributed by atoms with Crippen LogP contribution in [0.15, 0.2) is 30.3 Å². The maximum Gasteiger partial charge on any atom is 0.133 e. The molecule has 4 heteroatoms. The lowest BCUT2D eigenvalue weighted by molar-refractivity contribution is 0.0834. The van der Waals surface area contributed by atoms with Gasteiger partial charge in [0.05, 0.1) is 6.61 Å². The Morgan fingerprint density at radius 3 is 2.81 bits per heavy atom. The molecule has 0 atom stereocenters. The molecular formula is C23H26O4. The molecule has 0 fully saturated rings. The largest absolute Gasteiger partial charge is 0.507 e. The van der Waals surface area contributed by atoms with Crippen molar-refractivity contribution in [2.24, 2.45) is 0 Å². The van der Waals surface area contributed by atoms with Crippen molar-refractivity contribution in [1.29, 1.82) is 0 Å². The summed E-state index contributed by atoms with van der Waals surface area (Å²) in [7, 11) is 0. The van der Waals surface area contributed by atoms with Gasteiger partial charge in [0.1, 0.15) is 35.2 Å². The predicted octanol–water partition coefficient (Wildman–Crippen LogP) is 5.22. The summed E-state index contributed by atoms with van der Waals surface area (Å²) >= 11 is 0. The normalized spacial score (nSPS) is 17.1. The van der Waals surface area contributed by atoms with Crippen LogP contribution in [0.2, 0.25) is 0 Å². The van der Waals surface area contributed by atoms with Crippen molar-refractivity contribution in [2.45, 2.75) is 45.6 Å². The number of phenolic OH excluding ortho intramolecular Hbond substituents is 1. The van der Waals surface area contributed by atoms with Crippen LogP contribution in [0, 0.1) is 0 Å². The van der Waals surface area contributed by atoms with E-state index in [0.29, 0.717) is 19.0 Å². The molecule has 0 unspecified atom stereocenters. The third-order valence-corrected chi connectivity index (χ3v) is 5.10. The molecule has 4 nitrogen and oxygen atoms in total. The summed E-state index contributed by atoms with van der Waals surface area (Å²) in [6, 6.07) is 9.52. The Hall–Kier alpha value is -2.62. The zero-order chi connectivity index (χ0) is 19.0. The molecule has 2 aliphatic heterocycles. The molecule has 27 heavy (non-hydrogen) atoms. The van der Waals surface area contributed by atoms with Gasteiger partial charge in [-0.05, 0) is 63.5 Å². The summed E-state index contributed by atoms with van der Waals surface area (Å²) in [6.45, 7) is 7.36. The molecule has 4 rings (SSSR count). The third kappa shape index (κ3) is 3.48. The van der Waals surface area contributed by atoms with E-state index in [9.17, 15) is 5.11 Å². The van der Waals surface area contributed by atoms with Gasteiger partial charge < -0.3 is 19.3 Å². The molecule has 0 aliphatic carbocycles. The molecule has 2 aromatic carbocycles. The summed E-state index contributed by atoms with van der Waals surface area (Å²) in [5.74, 6) is 2.73. The van der Waals surface area contributed by atoms with Crippen LogP contribution < -0.4 is 14.2 Å². The highest BCUT2D eigenvalue weighted by molar-refractivity contribution is 5.88. The topological polar surface area (TPSA) is 47.9 Å². The summed E-state index contributed by atoms with van der Waals surface area (Å²) < 4.78 is 17.8. The van der Waals surface area contributed by atoms with Crippen LogP contribution in [0.4, 0.5) is 0 Å². The Kier molecular flexibility index (Phi) is 4.50. The standard InChI is InChI=1S/C23H26O4/c1-4-11-25-17-6-7-18(20(24)13-17)16-12-15-5-8-21-19(22(15)26-14-16)9-10-23(2,3)27-21/h5-8,12-13,24H,4,9-11,14H2,1-3H3. The Balaban J connectivity index is 1.64. The third-order valence-electron chi connectivity index (χ3n) is 5.10. The zero-order valence-electron chi connectivity index (χ0n) is 16.2. The monoisotopic (exact) mass is 366 g/mol. The van der Waals surface area contributed by atoms with Crippen LogP contribution in [-0.4, -0.2) is 23.9 Å². The van der Waals surface area contributed by atoms with Crippen molar-refractivity contribution in [3.8, 4) is 23.0 Å². The Labute approximate surface area is 160 Å². The van der Waals surface area contributed by atoms with Gasteiger partial charge in [-0.2, -0.15) is 0 Å². The molecule has 2 aromatic rings. The molecule has 142 valence electrons. The Bertz CT molecular complexity index is 895. The number of hydrogen-bond acceptors (Lipinski definition) is 4. The van der Waals surface area contributed by atoms with E-state index in [1.54, 1.807) is 6.07 Å². The molecule has 0 saturated heterocycles. The molecule has 0 saturated carbocycles. The summed E-state index contributed by atoms with van der Waals surface area (Å²) in [4.78, 5) is 0. The van der Waals surface area contributed by atoms with E-state index in [1.165, 1.54) is 0 Å². The second kappa shape index (κ2) is 6.84. The second-order valence-electron chi connectivity index (χ2n) is 7.81. The maximum atomic E-state index is 10.4. The molecule has 0 spiro atoms. The predicted molar refractivity (Wildman–Crippen MR) is 107 cm³/mol. The average molecular weight is 366 g/mol. The number of phenols is 1. The molecular weight excluding hydrogens is 340 g/mol. The Morgan fingerprint density at radius 1 is 1.19 bits per heavy atom. The van der Waals surface area contributed by atoms with Crippen LogP contribution in [0.25, 0.3) is 11.6 Å². The number of benzene rings is 2. The SMILES string of the molecule is CCCOc1ccc(C2=Cc3ccc4c(c3OC2)CCC(C)(C)O4)c(O)c1. The average Bonchev–Trinajstić information content (AvgIpc) is 2.65. The van der Waals surface area contributed by atoms with Gasteiger partial charge in [-0.15, -0.1) is 0 Å². The van der Waals surface area contributed by atoms with Gasteiger partial charge in [-0.3, -0.25) is 0 Å². The molecule has 2 aliphatic rings. The van der Waals surface area contributed by atoms with E-state index in [1.807, 2.05) is 24.3 Å². The minimum Gasteiger partial charge on any atom is -0.507 e. The van der Waals surface area contributed by atoms with Crippen LogP contribution in [0.5, 0.6) is 23.0 Å². The lowest BCUT2D eigenvalue weighted by Crippen LogP contribution is -2.33. The van der Waals surface area contributed by atoms with Crippen molar-refractivity contribution in [3.63, 3.8) is 0 Å². The fourth-order valence-corrected chi connectivity index (χ4v) is 3.65. The minimum absolute atomic E-state index is 0.135. The smallest absolute Gasteiger partial charge is 0.133 e.